The van der Waals surface area contributed by atoms with Gasteiger partial charge in [0, 0.05) is 18.8 Å². The minimum absolute atomic E-state index is 0.0770. The monoisotopic (exact) mass is 315 g/mol. The van der Waals surface area contributed by atoms with Gasteiger partial charge in [0.15, 0.2) is 0 Å². The Morgan fingerprint density at radius 3 is 2.77 bits per heavy atom. The highest BCUT2D eigenvalue weighted by atomic mass is 19.4. The lowest BCUT2D eigenvalue weighted by Crippen LogP contribution is -2.53. The van der Waals surface area contributed by atoms with Gasteiger partial charge in [-0.2, -0.15) is 13.2 Å². The summed E-state index contributed by atoms with van der Waals surface area (Å²) in [6, 6.07) is 3.84. The van der Waals surface area contributed by atoms with Crippen molar-refractivity contribution in [1.82, 2.24) is 10.2 Å². The molecule has 0 unspecified atom stereocenters. The maximum absolute atomic E-state index is 12.6. The summed E-state index contributed by atoms with van der Waals surface area (Å²) in [6.45, 7) is 2.67. The van der Waals surface area contributed by atoms with Crippen LogP contribution in [0.25, 0.3) is 0 Å². The number of anilines is 1. The van der Waals surface area contributed by atoms with Gasteiger partial charge in [0.05, 0.1) is 18.2 Å². The number of hydrogen-bond acceptors (Lipinski definition) is 3. The molecule has 1 heterocycles. The summed E-state index contributed by atoms with van der Waals surface area (Å²) in [6.07, 6.45) is -4.46. The van der Waals surface area contributed by atoms with Gasteiger partial charge in [-0.25, -0.2) is 0 Å². The number of halogens is 3. The van der Waals surface area contributed by atoms with Crippen molar-refractivity contribution in [3.63, 3.8) is 0 Å². The van der Waals surface area contributed by atoms with Crippen LogP contribution in [-0.4, -0.2) is 42.4 Å². The Morgan fingerprint density at radius 2 is 2.14 bits per heavy atom. The minimum atomic E-state index is -4.46. The molecule has 0 bridgehead atoms. The Bertz CT molecular complexity index is 575. The maximum Gasteiger partial charge on any atom is 0.416 e. The standard InChI is InChI=1S/C14H16F3N3O2/c1-9(20-6-5-18-12(21)8-20)13(22)19-11-4-2-3-10(7-11)14(15,16)17/h2-4,7,9H,5-6,8H2,1H3,(H,18,21)(H,19,22)/t9-/m0/s1. The molecule has 5 nitrogen and oxygen atoms in total. The van der Waals surface area contributed by atoms with E-state index >= 15 is 0 Å². The zero-order chi connectivity index (χ0) is 16.3. The lowest BCUT2D eigenvalue weighted by molar-refractivity contribution is -0.137. The second kappa shape index (κ2) is 6.35. The van der Waals surface area contributed by atoms with Crippen LogP contribution in [0.3, 0.4) is 0 Å². The third-order valence-electron chi connectivity index (χ3n) is 3.45. The van der Waals surface area contributed by atoms with Gasteiger partial charge in [-0.05, 0) is 25.1 Å². The molecule has 0 aliphatic carbocycles. The number of rotatable bonds is 3. The van der Waals surface area contributed by atoms with E-state index in [2.05, 4.69) is 10.6 Å². The Hall–Kier alpha value is -2.09. The van der Waals surface area contributed by atoms with E-state index in [0.29, 0.717) is 13.1 Å². The molecule has 22 heavy (non-hydrogen) atoms. The van der Waals surface area contributed by atoms with Crippen LogP contribution in [0, 0.1) is 0 Å². The van der Waals surface area contributed by atoms with Crippen molar-refractivity contribution >= 4 is 17.5 Å². The molecular weight excluding hydrogens is 299 g/mol. The zero-order valence-electron chi connectivity index (χ0n) is 11.9. The summed E-state index contributed by atoms with van der Waals surface area (Å²) in [5, 5.41) is 5.10. The average Bonchev–Trinajstić information content (AvgIpc) is 2.46. The number of nitrogens with zero attached hydrogens (tertiary/aromatic N) is 1. The van der Waals surface area contributed by atoms with Crippen LogP contribution < -0.4 is 10.6 Å². The van der Waals surface area contributed by atoms with Crippen molar-refractivity contribution in [2.45, 2.75) is 19.1 Å². The fraction of sp³-hybridized carbons (Fsp3) is 0.429. The summed E-state index contributed by atoms with van der Waals surface area (Å²) in [7, 11) is 0. The average molecular weight is 315 g/mol. The van der Waals surface area contributed by atoms with E-state index in [4.69, 9.17) is 0 Å². The first-order valence-corrected chi connectivity index (χ1v) is 6.76. The van der Waals surface area contributed by atoms with Gasteiger partial charge in [-0.1, -0.05) is 6.07 Å². The first-order valence-electron chi connectivity index (χ1n) is 6.76. The van der Waals surface area contributed by atoms with Crippen LogP contribution in [0.1, 0.15) is 12.5 Å². The topological polar surface area (TPSA) is 61.4 Å². The number of piperazine rings is 1. The fourth-order valence-electron chi connectivity index (χ4n) is 2.17. The van der Waals surface area contributed by atoms with E-state index in [1.165, 1.54) is 12.1 Å². The molecule has 1 aliphatic rings. The molecule has 1 atom stereocenters. The van der Waals surface area contributed by atoms with Gasteiger partial charge < -0.3 is 10.6 Å². The molecule has 1 fully saturated rings. The first kappa shape index (κ1) is 16.3. The van der Waals surface area contributed by atoms with Crippen molar-refractivity contribution in [1.29, 1.82) is 0 Å². The van der Waals surface area contributed by atoms with Crippen molar-refractivity contribution in [3.05, 3.63) is 29.8 Å². The van der Waals surface area contributed by atoms with Crippen molar-refractivity contribution in [2.75, 3.05) is 25.0 Å². The molecule has 0 saturated carbocycles. The number of amides is 2. The van der Waals surface area contributed by atoms with Gasteiger partial charge in [-0.15, -0.1) is 0 Å². The molecule has 1 aliphatic heterocycles. The molecule has 1 aromatic carbocycles. The summed E-state index contributed by atoms with van der Waals surface area (Å²) in [4.78, 5) is 25.1. The number of benzene rings is 1. The number of carbonyl (C=O) groups is 2. The molecule has 0 aromatic heterocycles. The maximum atomic E-state index is 12.6. The van der Waals surface area contributed by atoms with Gasteiger partial charge in [-0.3, -0.25) is 14.5 Å². The van der Waals surface area contributed by atoms with Crippen molar-refractivity contribution in [3.8, 4) is 0 Å². The number of hydrogen-bond donors (Lipinski definition) is 2. The third kappa shape index (κ3) is 3.97. The predicted octanol–water partition coefficient (Wildman–Crippen LogP) is 1.46. The van der Waals surface area contributed by atoms with Crippen LogP contribution in [0.4, 0.5) is 18.9 Å². The fourth-order valence-corrected chi connectivity index (χ4v) is 2.17. The molecule has 120 valence electrons. The zero-order valence-corrected chi connectivity index (χ0v) is 11.9. The molecule has 8 heteroatoms. The largest absolute Gasteiger partial charge is 0.416 e. The van der Waals surface area contributed by atoms with E-state index < -0.39 is 23.7 Å². The highest BCUT2D eigenvalue weighted by molar-refractivity contribution is 5.95. The molecule has 2 amide bonds. The molecule has 1 aromatic rings. The van der Waals surface area contributed by atoms with Gasteiger partial charge >= 0.3 is 6.18 Å². The van der Waals surface area contributed by atoms with Crippen LogP contribution in [0.2, 0.25) is 0 Å². The summed E-state index contributed by atoms with van der Waals surface area (Å²) in [5.74, 6) is -0.626. The smallest absolute Gasteiger partial charge is 0.354 e. The van der Waals surface area contributed by atoms with Crippen LogP contribution in [0.5, 0.6) is 0 Å². The van der Waals surface area contributed by atoms with Crippen LogP contribution in [-0.2, 0) is 15.8 Å². The second-order valence-corrected chi connectivity index (χ2v) is 5.06. The number of carbonyl (C=O) groups excluding carboxylic acids is 2. The van der Waals surface area contributed by atoms with Crippen LogP contribution in [0.15, 0.2) is 24.3 Å². The Morgan fingerprint density at radius 1 is 1.41 bits per heavy atom. The van der Waals surface area contributed by atoms with Gasteiger partial charge in [0.1, 0.15) is 0 Å². The Balaban J connectivity index is 2.03. The normalized spacial score (nSPS) is 17.7. The van der Waals surface area contributed by atoms with E-state index in [9.17, 15) is 22.8 Å². The molecule has 2 rings (SSSR count). The third-order valence-corrected chi connectivity index (χ3v) is 3.45. The quantitative estimate of drug-likeness (QED) is 0.888. The van der Waals surface area contributed by atoms with E-state index in [-0.39, 0.29) is 18.1 Å². The van der Waals surface area contributed by atoms with Crippen molar-refractivity contribution in [2.24, 2.45) is 0 Å². The predicted molar refractivity (Wildman–Crippen MR) is 74.1 cm³/mol. The molecule has 0 spiro atoms. The lowest BCUT2D eigenvalue weighted by atomic mass is 10.1. The van der Waals surface area contributed by atoms with E-state index in [1.54, 1.807) is 11.8 Å². The molecule has 1 saturated heterocycles. The molecule has 2 N–H and O–H groups in total. The highest BCUT2D eigenvalue weighted by Crippen LogP contribution is 2.30. The van der Waals surface area contributed by atoms with E-state index in [0.717, 1.165) is 12.1 Å². The van der Waals surface area contributed by atoms with Crippen molar-refractivity contribution < 1.29 is 22.8 Å². The Kier molecular flexibility index (Phi) is 4.70. The highest BCUT2D eigenvalue weighted by Gasteiger charge is 2.31. The van der Waals surface area contributed by atoms with E-state index in [1.807, 2.05) is 0 Å². The van der Waals surface area contributed by atoms with Crippen LogP contribution >= 0.6 is 0 Å². The molecular formula is C14H16F3N3O2. The second-order valence-electron chi connectivity index (χ2n) is 5.06. The number of alkyl halides is 3. The Labute approximate surface area is 125 Å². The molecule has 0 radical (unpaired) electrons. The summed E-state index contributed by atoms with van der Waals surface area (Å²) < 4.78 is 37.9. The van der Waals surface area contributed by atoms with Gasteiger partial charge in [0.2, 0.25) is 11.8 Å². The first-order chi connectivity index (χ1) is 10.3. The minimum Gasteiger partial charge on any atom is -0.354 e. The summed E-state index contributed by atoms with van der Waals surface area (Å²) in [5.41, 5.74) is -0.747. The SMILES string of the molecule is C[C@@H](C(=O)Nc1cccc(C(F)(F)F)c1)N1CCNC(=O)C1. The lowest BCUT2D eigenvalue weighted by Gasteiger charge is -2.31. The van der Waals surface area contributed by atoms with Gasteiger partial charge in [0.25, 0.3) is 0 Å². The number of nitrogens with one attached hydrogen (secondary N) is 2. The summed E-state index contributed by atoms with van der Waals surface area (Å²) >= 11 is 0.